The molecule has 0 saturated carbocycles. The van der Waals surface area contributed by atoms with Crippen LogP contribution in [-0.2, 0) is 10.0 Å². The predicted octanol–water partition coefficient (Wildman–Crippen LogP) is 4.08. The lowest BCUT2D eigenvalue weighted by molar-refractivity contribution is -0.384. The Hall–Kier alpha value is -3.59. The first kappa shape index (κ1) is 20.2. The summed E-state index contributed by atoms with van der Waals surface area (Å²) in [5.74, 6) is 0.549. The number of rotatable bonds is 7. The van der Waals surface area contributed by atoms with E-state index in [0.29, 0.717) is 22.6 Å². The Bertz CT molecular complexity index is 1140. The van der Waals surface area contributed by atoms with Crippen molar-refractivity contribution in [3.8, 4) is 22.6 Å². The Balaban J connectivity index is 1.91. The monoisotopic (exact) mass is 414 g/mol. The van der Waals surface area contributed by atoms with Crippen LogP contribution >= 0.6 is 0 Å². The van der Waals surface area contributed by atoms with Gasteiger partial charge in [-0.05, 0) is 35.9 Å². The molecule has 0 heterocycles. The summed E-state index contributed by atoms with van der Waals surface area (Å²) in [6, 6.07) is 17.1. The molecule has 0 aliphatic heterocycles. The molecule has 0 aliphatic rings. The number of nitro benzene ring substituents is 1. The molecule has 3 aromatic rings. The Kier molecular flexibility index (Phi) is 5.69. The molecule has 0 radical (unpaired) electrons. The van der Waals surface area contributed by atoms with Crippen molar-refractivity contribution in [1.29, 1.82) is 0 Å². The molecule has 3 rings (SSSR count). The van der Waals surface area contributed by atoms with E-state index in [1.54, 1.807) is 36.4 Å². The number of methoxy groups -OCH3 is 2. The van der Waals surface area contributed by atoms with E-state index in [4.69, 9.17) is 9.47 Å². The van der Waals surface area contributed by atoms with Crippen molar-refractivity contribution in [2.24, 2.45) is 0 Å². The Morgan fingerprint density at radius 3 is 2.24 bits per heavy atom. The molecule has 150 valence electrons. The van der Waals surface area contributed by atoms with Crippen LogP contribution in [-0.4, -0.2) is 27.6 Å². The number of hydrogen-bond acceptors (Lipinski definition) is 6. The molecule has 29 heavy (non-hydrogen) atoms. The summed E-state index contributed by atoms with van der Waals surface area (Å²) in [4.78, 5) is 10.7. The number of nitrogens with one attached hydrogen (secondary N) is 1. The summed E-state index contributed by atoms with van der Waals surface area (Å²) in [6.45, 7) is 0. The third-order valence-corrected chi connectivity index (χ3v) is 5.61. The maximum atomic E-state index is 12.8. The number of anilines is 1. The number of nitrogens with zero attached hydrogens (tertiary/aromatic N) is 1. The third-order valence-electron chi connectivity index (χ3n) is 4.21. The summed E-state index contributed by atoms with van der Waals surface area (Å²) < 4.78 is 38.3. The fraction of sp³-hybridized carbons (Fsp3) is 0.100. The van der Waals surface area contributed by atoms with E-state index in [1.165, 1.54) is 44.6 Å². The fourth-order valence-electron chi connectivity index (χ4n) is 2.80. The van der Waals surface area contributed by atoms with Gasteiger partial charge in [-0.1, -0.05) is 24.3 Å². The Morgan fingerprint density at radius 1 is 0.931 bits per heavy atom. The van der Waals surface area contributed by atoms with Crippen LogP contribution in [0.15, 0.2) is 71.6 Å². The second kappa shape index (κ2) is 8.19. The molecule has 1 N–H and O–H groups in total. The number of sulfonamides is 1. The van der Waals surface area contributed by atoms with Crippen molar-refractivity contribution in [1.82, 2.24) is 0 Å². The van der Waals surface area contributed by atoms with E-state index in [-0.39, 0.29) is 16.3 Å². The van der Waals surface area contributed by atoms with Gasteiger partial charge in [0.15, 0.2) is 0 Å². The predicted molar refractivity (Wildman–Crippen MR) is 109 cm³/mol. The highest BCUT2D eigenvalue weighted by molar-refractivity contribution is 7.92. The topological polar surface area (TPSA) is 108 Å². The SMILES string of the molecule is COc1ccc(OC)c(S(=O)(=O)Nc2ccc(-c3ccccc3[N+](=O)[O-])cc2)c1. The van der Waals surface area contributed by atoms with Crippen LogP contribution in [0, 0.1) is 10.1 Å². The number of hydrogen-bond donors (Lipinski definition) is 1. The van der Waals surface area contributed by atoms with Crippen LogP contribution < -0.4 is 14.2 Å². The van der Waals surface area contributed by atoms with Gasteiger partial charge >= 0.3 is 0 Å². The van der Waals surface area contributed by atoms with E-state index in [1.807, 2.05) is 0 Å². The van der Waals surface area contributed by atoms with E-state index >= 15 is 0 Å². The molecular formula is C20H18N2O6S. The van der Waals surface area contributed by atoms with Gasteiger partial charge in [-0.2, -0.15) is 0 Å². The van der Waals surface area contributed by atoms with Gasteiger partial charge in [-0.3, -0.25) is 14.8 Å². The summed E-state index contributed by atoms with van der Waals surface area (Å²) in [5.41, 5.74) is 1.32. The zero-order valence-corrected chi connectivity index (χ0v) is 16.5. The molecule has 3 aromatic carbocycles. The highest BCUT2D eigenvalue weighted by Crippen LogP contribution is 2.32. The van der Waals surface area contributed by atoms with Gasteiger partial charge in [0.1, 0.15) is 16.4 Å². The van der Waals surface area contributed by atoms with Gasteiger partial charge in [-0.25, -0.2) is 8.42 Å². The van der Waals surface area contributed by atoms with E-state index < -0.39 is 14.9 Å². The maximum absolute atomic E-state index is 12.8. The molecule has 0 aromatic heterocycles. The Morgan fingerprint density at radius 2 is 1.62 bits per heavy atom. The quantitative estimate of drug-likeness (QED) is 0.461. The van der Waals surface area contributed by atoms with Gasteiger partial charge in [-0.15, -0.1) is 0 Å². The summed E-state index contributed by atoms with van der Waals surface area (Å²) in [7, 11) is -1.14. The first-order chi connectivity index (χ1) is 13.9. The molecule has 0 aliphatic carbocycles. The number of ether oxygens (including phenoxy) is 2. The van der Waals surface area contributed by atoms with Crippen LogP contribution in [0.25, 0.3) is 11.1 Å². The minimum absolute atomic E-state index is 0.0260. The van der Waals surface area contributed by atoms with Crippen molar-refractivity contribution >= 4 is 21.4 Å². The summed E-state index contributed by atoms with van der Waals surface area (Å²) in [5, 5.41) is 11.2. The van der Waals surface area contributed by atoms with Crippen LogP contribution in [0.3, 0.4) is 0 Å². The van der Waals surface area contributed by atoms with E-state index in [2.05, 4.69) is 4.72 Å². The van der Waals surface area contributed by atoms with Crippen molar-refractivity contribution in [2.45, 2.75) is 4.90 Å². The maximum Gasteiger partial charge on any atom is 0.277 e. The van der Waals surface area contributed by atoms with Gasteiger partial charge < -0.3 is 9.47 Å². The highest BCUT2D eigenvalue weighted by atomic mass is 32.2. The van der Waals surface area contributed by atoms with Crippen LogP contribution in [0.4, 0.5) is 11.4 Å². The Labute approximate surface area is 167 Å². The average molecular weight is 414 g/mol. The van der Waals surface area contributed by atoms with Crippen molar-refractivity contribution in [3.05, 3.63) is 76.8 Å². The average Bonchev–Trinajstić information content (AvgIpc) is 2.73. The van der Waals surface area contributed by atoms with Crippen LogP contribution in [0.1, 0.15) is 0 Å². The molecule has 0 saturated heterocycles. The zero-order valence-electron chi connectivity index (χ0n) is 15.7. The molecular weight excluding hydrogens is 396 g/mol. The smallest absolute Gasteiger partial charge is 0.277 e. The standard InChI is InChI=1S/C20H18N2O6S/c1-27-16-11-12-19(28-2)20(13-16)29(25,26)21-15-9-7-14(8-10-15)17-5-3-4-6-18(17)22(23)24/h3-13,21H,1-2H3. The number of benzene rings is 3. The second-order valence-corrected chi connectivity index (χ2v) is 7.62. The molecule has 0 bridgehead atoms. The zero-order chi connectivity index (χ0) is 21.0. The van der Waals surface area contributed by atoms with E-state index in [9.17, 15) is 18.5 Å². The minimum Gasteiger partial charge on any atom is -0.497 e. The third kappa shape index (κ3) is 4.30. The summed E-state index contributed by atoms with van der Waals surface area (Å²) in [6.07, 6.45) is 0. The van der Waals surface area contributed by atoms with E-state index in [0.717, 1.165) is 0 Å². The normalized spacial score (nSPS) is 11.0. The molecule has 9 heteroatoms. The minimum atomic E-state index is -3.95. The van der Waals surface area contributed by atoms with Gasteiger partial charge in [0, 0.05) is 17.8 Å². The lowest BCUT2D eigenvalue weighted by atomic mass is 10.0. The largest absolute Gasteiger partial charge is 0.497 e. The lowest BCUT2D eigenvalue weighted by Gasteiger charge is -2.13. The molecule has 0 atom stereocenters. The second-order valence-electron chi connectivity index (χ2n) is 5.97. The van der Waals surface area contributed by atoms with Crippen molar-refractivity contribution in [2.75, 3.05) is 18.9 Å². The molecule has 0 amide bonds. The van der Waals surface area contributed by atoms with Crippen molar-refractivity contribution < 1.29 is 22.8 Å². The molecule has 8 nitrogen and oxygen atoms in total. The van der Waals surface area contributed by atoms with Crippen molar-refractivity contribution in [3.63, 3.8) is 0 Å². The first-order valence-corrected chi connectivity index (χ1v) is 9.92. The molecule has 0 fully saturated rings. The van der Waals surface area contributed by atoms with Crippen LogP contribution in [0.5, 0.6) is 11.5 Å². The number of nitro groups is 1. The van der Waals surface area contributed by atoms with Gasteiger partial charge in [0.25, 0.3) is 15.7 Å². The van der Waals surface area contributed by atoms with Gasteiger partial charge in [0.2, 0.25) is 0 Å². The first-order valence-electron chi connectivity index (χ1n) is 8.44. The number of para-hydroxylation sites is 1. The molecule has 0 unspecified atom stereocenters. The summed E-state index contributed by atoms with van der Waals surface area (Å²) >= 11 is 0. The lowest BCUT2D eigenvalue weighted by Crippen LogP contribution is -2.14. The van der Waals surface area contributed by atoms with Gasteiger partial charge in [0.05, 0.1) is 24.7 Å². The highest BCUT2D eigenvalue weighted by Gasteiger charge is 2.21. The molecule has 0 spiro atoms. The van der Waals surface area contributed by atoms with Crippen LogP contribution in [0.2, 0.25) is 0 Å². The fourth-order valence-corrected chi connectivity index (χ4v) is 4.04.